The fraction of sp³-hybridized carbons (Fsp3) is 0.375. The molecule has 0 fully saturated rings. The fourth-order valence-electron chi connectivity index (χ4n) is 3.08. The molecule has 0 saturated carbocycles. The normalized spacial score (nSPS) is 23.1. The molecule has 1 aliphatic carbocycles. The third kappa shape index (κ3) is 2.21. The highest BCUT2D eigenvalue weighted by atomic mass is 16.2. The highest BCUT2D eigenvalue weighted by molar-refractivity contribution is 6.01. The third-order valence-corrected chi connectivity index (χ3v) is 3.93. The van der Waals surface area contributed by atoms with E-state index in [9.17, 15) is 9.59 Å². The maximum absolute atomic E-state index is 12.2. The number of hydrogen-bond acceptors (Lipinski definition) is 2. The summed E-state index contributed by atoms with van der Waals surface area (Å²) in [6, 6.07) is 8.12. The largest absolute Gasteiger partial charge is 0.329 e. The van der Waals surface area contributed by atoms with E-state index in [4.69, 9.17) is 0 Å². The molecule has 0 radical (unpaired) electrons. The van der Waals surface area contributed by atoms with Crippen LogP contribution in [0.5, 0.6) is 0 Å². The minimum Gasteiger partial charge on any atom is -0.329 e. The highest BCUT2D eigenvalue weighted by Gasteiger charge is 2.34. The second kappa shape index (κ2) is 4.65. The number of carbonyl (C=O) groups is 2. The Labute approximate surface area is 112 Å². The molecule has 1 aromatic rings. The van der Waals surface area contributed by atoms with E-state index in [0.717, 1.165) is 35.2 Å². The molecule has 1 N–H and O–H groups in total. The molecule has 2 aliphatic rings. The molecule has 3 nitrogen and oxygen atoms in total. The molecule has 0 unspecified atom stereocenters. The quantitative estimate of drug-likeness (QED) is 0.838. The van der Waals surface area contributed by atoms with Gasteiger partial charge in [-0.15, -0.1) is 0 Å². The van der Waals surface area contributed by atoms with Crippen LogP contribution in [0.3, 0.4) is 0 Å². The fourth-order valence-corrected chi connectivity index (χ4v) is 3.08. The van der Waals surface area contributed by atoms with Crippen LogP contribution >= 0.6 is 0 Å². The van der Waals surface area contributed by atoms with E-state index >= 15 is 0 Å². The second-order valence-electron chi connectivity index (χ2n) is 5.39. The minimum atomic E-state index is -0.0588. The number of hydrogen-bond donors (Lipinski definition) is 1. The Balaban J connectivity index is 2.08. The van der Waals surface area contributed by atoms with Crippen molar-refractivity contribution < 1.29 is 9.59 Å². The van der Waals surface area contributed by atoms with Gasteiger partial charge >= 0.3 is 0 Å². The predicted molar refractivity (Wildman–Crippen MR) is 72.6 cm³/mol. The van der Waals surface area contributed by atoms with Crippen LogP contribution in [0.4, 0.5) is 0 Å². The first kappa shape index (κ1) is 12.2. The molecule has 1 atom stereocenters. The number of aryl methyl sites for hydroxylation is 1. The van der Waals surface area contributed by atoms with Crippen molar-refractivity contribution in [2.45, 2.75) is 38.5 Å². The molecule has 0 saturated heterocycles. The summed E-state index contributed by atoms with van der Waals surface area (Å²) in [6.07, 6.45) is 2.65. The van der Waals surface area contributed by atoms with Gasteiger partial charge in [0, 0.05) is 30.0 Å². The average molecular weight is 255 g/mol. The van der Waals surface area contributed by atoms with Crippen LogP contribution in [0, 0.1) is 6.92 Å². The first-order valence-corrected chi connectivity index (χ1v) is 6.78. The molecular weight excluding hydrogens is 238 g/mol. The minimum absolute atomic E-state index is 0.0277. The van der Waals surface area contributed by atoms with Crippen molar-refractivity contribution in [3.05, 3.63) is 46.7 Å². The molecule has 98 valence electrons. The van der Waals surface area contributed by atoms with Crippen LogP contribution in [0.1, 0.15) is 42.7 Å². The summed E-state index contributed by atoms with van der Waals surface area (Å²) in [7, 11) is 0. The number of allylic oxidation sites excluding steroid dienone is 2. The van der Waals surface area contributed by atoms with Gasteiger partial charge in [-0.1, -0.05) is 29.8 Å². The zero-order chi connectivity index (χ0) is 13.4. The number of benzene rings is 1. The van der Waals surface area contributed by atoms with Crippen molar-refractivity contribution in [1.29, 1.82) is 0 Å². The smallest absolute Gasteiger partial charge is 0.225 e. The average Bonchev–Trinajstić information content (AvgIpc) is 2.37. The van der Waals surface area contributed by atoms with E-state index < -0.39 is 0 Å². The Hall–Kier alpha value is -1.90. The Morgan fingerprint density at radius 3 is 2.84 bits per heavy atom. The SMILES string of the molecule is Cc1cccc([C@@H]2CC(=O)NC3=C2C(=O)CCC3)c1. The molecule has 3 heteroatoms. The van der Waals surface area contributed by atoms with Crippen molar-refractivity contribution in [3.8, 4) is 0 Å². The van der Waals surface area contributed by atoms with Gasteiger partial charge in [0.15, 0.2) is 5.78 Å². The van der Waals surface area contributed by atoms with E-state index in [2.05, 4.69) is 11.4 Å². The van der Waals surface area contributed by atoms with Gasteiger partial charge in [-0.2, -0.15) is 0 Å². The Bertz CT molecular complexity index is 586. The molecule has 1 heterocycles. The second-order valence-corrected chi connectivity index (χ2v) is 5.39. The van der Waals surface area contributed by atoms with E-state index in [1.165, 1.54) is 0 Å². The summed E-state index contributed by atoms with van der Waals surface area (Å²) >= 11 is 0. The van der Waals surface area contributed by atoms with Crippen molar-refractivity contribution >= 4 is 11.7 Å². The summed E-state index contributed by atoms with van der Waals surface area (Å²) in [6.45, 7) is 2.03. The third-order valence-electron chi connectivity index (χ3n) is 3.93. The molecular formula is C16H17NO2. The summed E-state index contributed by atoms with van der Waals surface area (Å²) in [5, 5.41) is 2.88. The lowest BCUT2D eigenvalue weighted by Crippen LogP contribution is -2.36. The van der Waals surface area contributed by atoms with E-state index in [1.807, 2.05) is 25.1 Å². The van der Waals surface area contributed by atoms with Gasteiger partial charge in [-0.05, 0) is 25.3 Å². The maximum Gasteiger partial charge on any atom is 0.225 e. The van der Waals surface area contributed by atoms with Crippen LogP contribution in [-0.2, 0) is 9.59 Å². The number of Topliss-reactive ketones (excluding diaryl/α,β-unsaturated/α-hetero) is 1. The number of nitrogens with one attached hydrogen (secondary N) is 1. The van der Waals surface area contributed by atoms with Crippen LogP contribution in [0.2, 0.25) is 0 Å². The standard InChI is InChI=1S/C16H17NO2/c1-10-4-2-5-11(8-10)12-9-15(19)17-13-6-3-7-14(18)16(12)13/h2,4-5,8,12H,3,6-7,9H2,1H3,(H,17,19)/t12-/m0/s1. The first-order valence-electron chi connectivity index (χ1n) is 6.78. The molecule has 1 aromatic carbocycles. The van der Waals surface area contributed by atoms with E-state index in [-0.39, 0.29) is 17.6 Å². The Kier molecular flexibility index (Phi) is 2.97. The summed E-state index contributed by atoms with van der Waals surface area (Å²) < 4.78 is 0. The van der Waals surface area contributed by atoms with Gasteiger partial charge in [-0.25, -0.2) is 0 Å². The lowest BCUT2D eigenvalue weighted by Gasteiger charge is -2.31. The van der Waals surface area contributed by atoms with Crippen LogP contribution < -0.4 is 5.32 Å². The number of amides is 1. The molecule has 0 bridgehead atoms. The van der Waals surface area contributed by atoms with Crippen LogP contribution in [-0.4, -0.2) is 11.7 Å². The molecule has 1 amide bonds. The number of rotatable bonds is 1. The van der Waals surface area contributed by atoms with Gasteiger partial charge in [0.25, 0.3) is 0 Å². The zero-order valence-corrected chi connectivity index (χ0v) is 11.0. The summed E-state index contributed by atoms with van der Waals surface area (Å²) in [5.41, 5.74) is 3.95. The van der Waals surface area contributed by atoms with Gasteiger partial charge in [0.2, 0.25) is 5.91 Å². The summed E-state index contributed by atoms with van der Waals surface area (Å²) in [5.74, 6) is 0.171. The monoisotopic (exact) mass is 255 g/mol. The lowest BCUT2D eigenvalue weighted by atomic mass is 9.78. The lowest BCUT2D eigenvalue weighted by molar-refractivity contribution is -0.122. The Morgan fingerprint density at radius 1 is 1.21 bits per heavy atom. The maximum atomic E-state index is 12.2. The van der Waals surface area contributed by atoms with E-state index in [0.29, 0.717) is 12.8 Å². The van der Waals surface area contributed by atoms with Gasteiger partial charge in [0.05, 0.1) is 0 Å². The zero-order valence-electron chi connectivity index (χ0n) is 11.0. The van der Waals surface area contributed by atoms with Crippen molar-refractivity contribution in [2.75, 3.05) is 0 Å². The van der Waals surface area contributed by atoms with Crippen molar-refractivity contribution in [2.24, 2.45) is 0 Å². The number of carbonyl (C=O) groups excluding carboxylic acids is 2. The predicted octanol–water partition coefficient (Wildman–Crippen LogP) is 2.61. The topological polar surface area (TPSA) is 46.2 Å². The van der Waals surface area contributed by atoms with Gasteiger partial charge in [0.1, 0.15) is 0 Å². The van der Waals surface area contributed by atoms with Crippen molar-refractivity contribution in [1.82, 2.24) is 5.32 Å². The van der Waals surface area contributed by atoms with Crippen LogP contribution in [0.25, 0.3) is 0 Å². The Morgan fingerprint density at radius 2 is 2.05 bits per heavy atom. The van der Waals surface area contributed by atoms with Gasteiger partial charge in [-0.3, -0.25) is 9.59 Å². The number of ketones is 1. The van der Waals surface area contributed by atoms with Crippen LogP contribution in [0.15, 0.2) is 35.5 Å². The highest BCUT2D eigenvalue weighted by Crippen LogP contribution is 2.37. The molecule has 0 aromatic heterocycles. The molecule has 1 aliphatic heterocycles. The van der Waals surface area contributed by atoms with Gasteiger partial charge < -0.3 is 5.32 Å². The molecule has 19 heavy (non-hydrogen) atoms. The van der Waals surface area contributed by atoms with Crippen molar-refractivity contribution in [3.63, 3.8) is 0 Å². The molecule has 0 spiro atoms. The first-order chi connectivity index (χ1) is 9.15. The van der Waals surface area contributed by atoms with E-state index in [1.54, 1.807) is 0 Å². The summed E-state index contributed by atoms with van der Waals surface area (Å²) in [4.78, 5) is 24.0. The molecule has 3 rings (SSSR count).